The van der Waals surface area contributed by atoms with Gasteiger partial charge in [0, 0.05) is 18.2 Å². The summed E-state index contributed by atoms with van der Waals surface area (Å²) in [5.41, 5.74) is 1.47. The van der Waals surface area contributed by atoms with Crippen molar-refractivity contribution in [1.29, 1.82) is 0 Å². The van der Waals surface area contributed by atoms with E-state index in [4.69, 9.17) is 0 Å². The topological polar surface area (TPSA) is 58.2 Å². The molecule has 1 rings (SSSR count). The number of carbonyl (C=O) groups is 1. The Balaban J connectivity index is 2.73. The molecule has 1 radical (unpaired) electrons. The first-order valence-electron chi connectivity index (χ1n) is 5.13. The van der Waals surface area contributed by atoms with Crippen molar-refractivity contribution < 1.29 is 9.59 Å². The van der Waals surface area contributed by atoms with Crippen LogP contribution in [0.15, 0.2) is 24.3 Å². The van der Waals surface area contributed by atoms with E-state index in [2.05, 4.69) is 10.6 Å². The van der Waals surface area contributed by atoms with Crippen molar-refractivity contribution in [2.24, 2.45) is 0 Å². The average Bonchev–Trinajstić information content (AvgIpc) is 2.26. The monoisotopic (exact) mass is 219 g/mol. The van der Waals surface area contributed by atoms with Gasteiger partial charge in [0.25, 0.3) is 5.91 Å². The Morgan fingerprint density at radius 2 is 2.19 bits per heavy atom. The predicted molar refractivity (Wildman–Crippen MR) is 61.6 cm³/mol. The van der Waals surface area contributed by atoms with Crippen molar-refractivity contribution in [3.8, 4) is 0 Å². The van der Waals surface area contributed by atoms with Gasteiger partial charge in [0.1, 0.15) is 0 Å². The van der Waals surface area contributed by atoms with Crippen LogP contribution in [0.1, 0.15) is 29.8 Å². The number of nitrogens with one attached hydrogen (secondary N) is 2. The van der Waals surface area contributed by atoms with Crippen LogP contribution in [-0.4, -0.2) is 18.4 Å². The first-order chi connectivity index (χ1) is 7.63. The number of rotatable bonds is 5. The van der Waals surface area contributed by atoms with Crippen molar-refractivity contribution in [2.45, 2.75) is 26.4 Å². The molecule has 0 bridgehead atoms. The third-order valence-corrected chi connectivity index (χ3v) is 1.97. The molecule has 0 spiro atoms. The molecule has 0 saturated carbocycles. The van der Waals surface area contributed by atoms with Gasteiger partial charge in [-0.3, -0.25) is 9.59 Å². The lowest BCUT2D eigenvalue weighted by atomic mass is 10.1. The van der Waals surface area contributed by atoms with Crippen LogP contribution in [0.2, 0.25) is 0 Å². The smallest absolute Gasteiger partial charge is 0.309 e. The van der Waals surface area contributed by atoms with Crippen LogP contribution in [0, 0.1) is 0 Å². The molecule has 0 heterocycles. The molecule has 0 aliphatic carbocycles. The van der Waals surface area contributed by atoms with Gasteiger partial charge in [-0.25, -0.2) is 0 Å². The van der Waals surface area contributed by atoms with Crippen LogP contribution in [-0.2, 0) is 11.3 Å². The van der Waals surface area contributed by atoms with Crippen LogP contribution in [0.3, 0.4) is 0 Å². The van der Waals surface area contributed by atoms with Gasteiger partial charge in [-0.2, -0.15) is 0 Å². The summed E-state index contributed by atoms with van der Waals surface area (Å²) in [6, 6.07) is 7.24. The van der Waals surface area contributed by atoms with Gasteiger partial charge in [-0.15, -0.1) is 0 Å². The molecule has 1 aromatic rings. The predicted octanol–water partition coefficient (Wildman–Crippen LogP) is 0.982. The van der Waals surface area contributed by atoms with Crippen molar-refractivity contribution in [3.05, 3.63) is 35.4 Å². The van der Waals surface area contributed by atoms with Crippen LogP contribution in [0.5, 0.6) is 0 Å². The fourth-order valence-corrected chi connectivity index (χ4v) is 1.31. The van der Waals surface area contributed by atoms with E-state index in [9.17, 15) is 9.59 Å². The van der Waals surface area contributed by atoms with E-state index in [1.807, 2.05) is 19.9 Å². The second-order valence-corrected chi connectivity index (χ2v) is 3.78. The molecule has 0 aromatic heterocycles. The van der Waals surface area contributed by atoms with Gasteiger partial charge >= 0.3 is 6.41 Å². The van der Waals surface area contributed by atoms with E-state index in [1.165, 1.54) is 0 Å². The first kappa shape index (κ1) is 12.2. The standard InChI is InChI=1S/C12H15N2O2/c1-9(2)14-12(16)11-5-3-4-10(6-11)7-13-8-15/h3-6,9H,7H2,1-2H3,(H,13,15)(H,14,16). The van der Waals surface area contributed by atoms with Crippen molar-refractivity contribution in [1.82, 2.24) is 10.6 Å². The summed E-state index contributed by atoms with van der Waals surface area (Å²) < 4.78 is 0. The molecule has 0 unspecified atom stereocenters. The van der Waals surface area contributed by atoms with Gasteiger partial charge in [-0.1, -0.05) is 12.1 Å². The lowest BCUT2D eigenvalue weighted by molar-refractivity contribution is 0.0943. The summed E-state index contributed by atoms with van der Waals surface area (Å²) in [5, 5.41) is 5.24. The van der Waals surface area contributed by atoms with Gasteiger partial charge in [0.2, 0.25) is 0 Å². The third-order valence-electron chi connectivity index (χ3n) is 1.97. The van der Waals surface area contributed by atoms with Crippen LogP contribution in [0.4, 0.5) is 0 Å². The van der Waals surface area contributed by atoms with Crippen LogP contribution >= 0.6 is 0 Å². The fraction of sp³-hybridized carbons (Fsp3) is 0.333. The Bertz CT molecular complexity index is 375. The molecule has 1 aromatic carbocycles. The molecule has 0 saturated heterocycles. The molecule has 0 atom stereocenters. The zero-order valence-corrected chi connectivity index (χ0v) is 9.41. The highest BCUT2D eigenvalue weighted by Gasteiger charge is 2.06. The van der Waals surface area contributed by atoms with Gasteiger partial charge < -0.3 is 10.6 Å². The van der Waals surface area contributed by atoms with E-state index < -0.39 is 0 Å². The second kappa shape index (κ2) is 5.90. The summed E-state index contributed by atoms with van der Waals surface area (Å²) in [6.07, 6.45) is 1.60. The van der Waals surface area contributed by atoms with Crippen molar-refractivity contribution in [2.75, 3.05) is 0 Å². The van der Waals surface area contributed by atoms with Gasteiger partial charge in [0.05, 0.1) is 0 Å². The van der Waals surface area contributed by atoms with E-state index in [0.29, 0.717) is 12.1 Å². The van der Waals surface area contributed by atoms with Crippen molar-refractivity contribution in [3.63, 3.8) is 0 Å². The number of amides is 2. The number of benzene rings is 1. The Kier molecular flexibility index (Phi) is 4.51. The van der Waals surface area contributed by atoms with E-state index in [-0.39, 0.29) is 11.9 Å². The SMILES string of the molecule is CC(C)NC(=O)c1cccc(CN[C]=O)c1. The molecular formula is C12H15N2O2. The highest BCUT2D eigenvalue weighted by molar-refractivity contribution is 5.94. The highest BCUT2D eigenvalue weighted by atomic mass is 16.1. The number of carbonyl (C=O) groups excluding carboxylic acids is 2. The third kappa shape index (κ3) is 3.73. The largest absolute Gasteiger partial charge is 0.350 e. The van der Waals surface area contributed by atoms with Crippen LogP contribution in [0.25, 0.3) is 0 Å². The zero-order chi connectivity index (χ0) is 12.0. The molecule has 0 fully saturated rings. The second-order valence-electron chi connectivity index (χ2n) is 3.78. The highest BCUT2D eigenvalue weighted by Crippen LogP contribution is 2.05. The average molecular weight is 219 g/mol. The Morgan fingerprint density at radius 3 is 2.81 bits per heavy atom. The minimum absolute atomic E-state index is 0.105. The zero-order valence-electron chi connectivity index (χ0n) is 9.41. The maximum atomic E-state index is 11.7. The van der Waals surface area contributed by atoms with Gasteiger partial charge in [-0.05, 0) is 31.5 Å². The van der Waals surface area contributed by atoms with Gasteiger partial charge in [0.15, 0.2) is 0 Å². The quantitative estimate of drug-likeness (QED) is 0.725. The van der Waals surface area contributed by atoms with E-state index in [0.717, 1.165) is 5.56 Å². The summed E-state index contributed by atoms with van der Waals surface area (Å²) in [7, 11) is 0. The first-order valence-corrected chi connectivity index (χ1v) is 5.13. The molecule has 85 valence electrons. The summed E-state index contributed by atoms with van der Waals surface area (Å²) in [5.74, 6) is -0.105. The Morgan fingerprint density at radius 1 is 1.44 bits per heavy atom. The molecule has 2 amide bonds. The normalized spacial score (nSPS) is 9.94. The lowest BCUT2D eigenvalue weighted by Gasteiger charge is -2.09. The molecule has 0 aliphatic heterocycles. The van der Waals surface area contributed by atoms with Crippen molar-refractivity contribution >= 4 is 12.3 Å². The summed E-state index contributed by atoms with van der Waals surface area (Å²) in [4.78, 5) is 21.7. The van der Waals surface area contributed by atoms with Crippen LogP contribution < -0.4 is 10.6 Å². The molecule has 16 heavy (non-hydrogen) atoms. The van der Waals surface area contributed by atoms with E-state index in [1.54, 1.807) is 24.6 Å². The molecule has 4 heteroatoms. The fourth-order valence-electron chi connectivity index (χ4n) is 1.31. The summed E-state index contributed by atoms with van der Waals surface area (Å²) in [6.45, 7) is 4.20. The Hall–Kier alpha value is -1.84. The minimum atomic E-state index is -0.105. The molecular weight excluding hydrogens is 204 g/mol. The number of hydrogen-bond donors (Lipinski definition) is 2. The number of hydrogen-bond acceptors (Lipinski definition) is 2. The minimum Gasteiger partial charge on any atom is -0.350 e. The Labute approximate surface area is 95.0 Å². The maximum absolute atomic E-state index is 11.7. The summed E-state index contributed by atoms with van der Waals surface area (Å²) >= 11 is 0. The maximum Gasteiger partial charge on any atom is 0.309 e. The lowest BCUT2D eigenvalue weighted by Crippen LogP contribution is -2.30. The van der Waals surface area contributed by atoms with E-state index >= 15 is 0 Å². The molecule has 0 aliphatic rings. The molecule has 2 N–H and O–H groups in total. The molecule has 4 nitrogen and oxygen atoms in total.